The lowest BCUT2D eigenvalue weighted by Crippen LogP contribution is -2.23. The highest BCUT2D eigenvalue weighted by Crippen LogP contribution is 2.40. The summed E-state index contributed by atoms with van der Waals surface area (Å²) < 4.78 is 37.3. The summed E-state index contributed by atoms with van der Waals surface area (Å²) in [6.45, 7) is 1.84. The van der Waals surface area contributed by atoms with Crippen LogP contribution in [0.15, 0.2) is 29.2 Å². The molecule has 18 heavy (non-hydrogen) atoms. The fraction of sp³-hybridized carbons (Fsp3) is 0.500. The zero-order chi connectivity index (χ0) is 13.2. The standard InChI is InChI=1S/C12H15F3N2S/c1-17-7-6-9(8-17)16-10-4-2-3-5-11(10)18-12(13,14)15/h2-5,9,16H,6-8H2,1H3. The van der Waals surface area contributed by atoms with Gasteiger partial charge < -0.3 is 10.2 Å². The quantitative estimate of drug-likeness (QED) is 0.852. The van der Waals surface area contributed by atoms with Crippen molar-refractivity contribution in [2.45, 2.75) is 22.9 Å². The maximum absolute atomic E-state index is 12.4. The van der Waals surface area contributed by atoms with Crippen LogP contribution in [0.5, 0.6) is 0 Å². The summed E-state index contributed by atoms with van der Waals surface area (Å²) in [6.07, 6.45) is 0.960. The van der Waals surface area contributed by atoms with Crippen molar-refractivity contribution in [3.05, 3.63) is 24.3 Å². The molecule has 1 aromatic carbocycles. The van der Waals surface area contributed by atoms with Gasteiger partial charge >= 0.3 is 5.51 Å². The summed E-state index contributed by atoms with van der Waals surface area (Å²) in [5, 5.41) is 3.20. The topological polar surface area (TPSA) is 15.3 Å². The van der Waals surface area contributed by atoms with E-state index in [4.69, 9.17) is 0 Å². The molecular weight excluding hydrogens is 261 g/mol. The normalized spacial score (nSPS) is 21.2. The highest BCUT2D eigenvalue weighted by Gasteiger charge is 2.30. The van der Waals surface area contributed by atoms with Crippen LogP contribution in [0.1, 0.15) is 6.42 Å². The summed E-state index contributed by atoms with van der Waals surface area (Å²) >= 11 is -0.0646. The molecule has 1 N–H and O–H groups in total. The molecule has 1 unspecified atom stereocenters. The fourth-order valence-electron chi connectivity index (χ4n) is 2.07. The van der Waals surface area contributed by atoms with Crippen LogP contribution in [-0.2, 0) is 0 Å². The highest BCUT2D eigenvalue weighted by atomic mass is 32.2. The minimum Gasteiger partial charge on any atom is -0.380 e. The van der Waals surface area contributed by atoms with Gasteiger partial charge in [-0.2, -0.15) is 13.2 Å². The third-order valence-electron chi connectivity index (χ3n) is 2.86. The van der Waals surface area contributed by atoms with E-state index in [2.05, 4.69) is 10.2 Å². The van der Waals surface area contributed by atoms with E-state index < -0.39 is 5.51 Å². The number of nitrogens with zero attached hydrogens (tertiary/aromatic N) is 1. The van der Waals surface area contributed by atoms with E-state index in [0.717, 1.165) is 19.5 Å². The molecule has 1 aliphatic rings. The van der Waals surface area contributed by atoms with Gasteiger partial charge in [0.25, 0.3) is 0 Å². The number of hydrogen-bond donors (Lipinski definition) is 1. The van der Waals surface area contributed by atoms with Crippen LogP contribution in [0.3, 0.4) is 0 Å². The number of benzene rings is 1. The van der Waals surface area contributed by atoms with Gasteiger partial charge in [0.2, 0.25) is 0 Å². The first-order valence-electron chi connectivity index (χ1n) is 5.74. The van der Waals surface area contributed by atoms with Gasteiger partial charge in [0.15, 0.2) is 0 Å². The van der Waals surface area contributed by atoms with E-state index in [1.165, 1.54) is 6.07 Å². The minimum atomic E-state index is -4.25. The van der Waals surface area contributed by atoms with Crippen LogP contribution in [0.2, 0.25) is 0 Å². The van der Waals surface area contributed by atoms with E-state index in [0.29, 0.717) is 5.69 Å². The second-order valence-electron chi connectivity index (χ2n) is 4.44. The monoisotopic (exact) mass is 276 g/mol. The predicted octanol–water partition coefficient (Wildman–Crippen LogP) is 3.41. The molecule has 1 aromatic rings. The van der Waals surface area contributed by atoms with Crippen LogP contribution < -0.4 is 5.32 Å². The van der Waals surface area contributed by atoms with Crippen molar-refractivity contribution in [2.75, 3.05) is 25.5 Å². The second kappa shape index (κ2) is 5.40. The summed E-state index contributed by atoms with van der Waals surface area (Å²) in [5.74, 6) is 0. The molecule has 0 bridgehead atoms. The summed E-state index contributed by atoms with van der Waals surface area (Å²) in [6, 6.07) is 6.80. The smallest absolute Gasteiger partial charge is 0.380 e. The van der Waals surface area contributed by atoms with Crippen LogP contribution in [0, 0.1) is 0 Å². The van der Waals surface area contributed by atoms with E-state index in [-0.39, 0.29) is 22.7 Å². The molecule has 1 aliphatic heterocycles. The molecule has 0 amide bonds. The lowest BCUT2D eigenvalue weighted by molar-refractivity contribution is -0.0327. The molecule has 0 saturated carbocycles. The van der Waals surface area contributed by atoms with Crippen molar-refractivity contribution in [2.24, 2.45) is 0 Å². The maximum atomic E-state index is 12.4. The van der Waals surface area contributed by atoms with Gasteiger partial charge in [0.05, 0.1) is 0 Å². The fourth-order valence-corrected chi connectivity index (χ4v) is 2.71. The van der Waals surface area contributed by atoms with Gasteiger partial charge in [-0.25, -0.2) is 0 Å². The zero-order valence-electron chi connectivity index (χ0n) is 10.00. The molecule has 1 atom stereocenters. The first-order valence-corrected chi connectivity index (χ1v) is 6.55. The Morgan fingerprint density at radius 3 is 2.67 bits per heavy atom. The molecule has 0 aromatic heterocycles. The average molecular weight is 276 g/mol. The third kappa shape index (κ3) is 3.81. The second-order valence-corrected chi connectivity index (χ2v) is 5.54. The maximum Gasteiger partial charge on any atom is 0.446 e. The Balaban J connectivity index is 2.07. The first kappa shape index (κ1) is 13.5. The number of alkyl halides is 3. The Labute approximate surface area is 109 Å². The molecule has 6 heteroatoms. The molecular formula is C12H15F3N2S. The van der Waals surface area contributed by atoms with Crippen molar-refractivity contribution in [3.63, 3.8) is 0 Å². The molecule has 2 rings (SSSR count). The number of thioether (sulfide) groups is 1. The van der Waals surface area contributed by atoms with Gasteiger partial charge in [-0.15, -0.1) is 0 Å². The number of anilines is 1. The molecule has 1 saturated heterocycles. The van der Waals surface area contributed by atoms with Gasteiger partial charge in [0, 0.05) is 23.2 Å². The van der Waals surface area contributed by atoms with Gasteiger partial charge in [-0.3, -0.25) is 0 Å². The number of likely N-dealkylation sites (tertiary alicyclic amines) is 1. The Morgan fingerprint density at radius 2 is 2.06 bits per heavy atom. The van der Waals surface area contributed by atoms with Crippen LogP contribution in [0.4, 0.5) is 18.9 Å². The number of nitrogens with one attached hydrogen (secondary N) is 1. The Kier molecular flexibility index (Phi) is 4.07. The molecule has 0 aliphatic carbocycles. The van der Waals surface area contributed by atoms with E-state index >= 15 is 0 Å². The Bertz CT molecular complexity index is 409. The van der Waals surface area contributed by atoms with Crippen molar-refractivity contribution in [1.82, 2.24) is 4.90 Å². The van der Waals surface area contributed by atoms with Gasteiger partial charge in [-0.05, 0) is 43.9 Å². The summed E-state index contributed by atoms with van der Waals surface area (Å²) in [7, 11) is 2.01. The average Bonchev–Trinajstić information content (AvgIpc) is 2.65. The third-order valence-corrected chi connectivity index (χ3v) is 3.67. The Hall–Kier alpha value is -0.880. The summed E-state index contributed by atoms with van der Waals surface area (Å²) in [5.41, 5.74) is -3.68. The number of para-hydroxylation sites is 1. The zero-order valence-corrected chi connectivity index (χ0v) is 10.8. The Morgan fingerprint density at radius 1 is 1.33 bits per heavy atom. The first-order chi connectivity index (χ1) is 8.44. The summed E-state index contributed by atoms with van der Waals surface area (Å²) in [4.78, 5) is 2.40. The van der Waals surface area contributed by atoms with E-state index in [1.807, 2.05) is 7.05 Å². The van der Waals surface area contributed by atoms with Gasteiger partial charge in [0.1, 0.15) is 0 Å². The molecule has 1 heterocycles. The molecule has 0 spiro atoms. The van der Waals surface area contributed by atoms with Gasteiger partial charge in [-0.1, -0.05) is 12.1 Å². The van der Waals surface area contributed by atoms with Crippen molar-refractivity contribution >= 4 is 17.4 Å². The highest BCUT2D eigenvalue weighted by molar-refractivity contribution is 8.00. The van der Waals surface area contributed by atoms with E-state index in [9.17, 15) is 13.2 Å². The van der Waals surface area contributed by atoms with Crippen molar-refractivity contribution in [3.8, 4) is 0 Å². The van der Waals surface area contributed by atoms with Crippen LogP contribution in [-0.4, -0.2) is 36.6 Å². The molecule has 0 radical (unpaired) electrons. The number of likely N-dealkylation sites (N-methyl/N-ethyl adjacent to an activating group) is 1. The van der Waals surface area contributed by atoms with Crippen LogP contribution >= 0.6 is 11.8 Å². The molecule has 1 fully saturated rings. The predicted molar refractivity (Wildman–Crippen MR) is 67.9 cm³/mol. The number of halogens is 3. The van der Waals surface area contributed by atoms with E-state index in [1.54, 1.807) is 18.2 Å². The van der Waals surface area contributed by atoms with Crippen molar-refractivity contribution < 1.29 is 13.2 Å². The van der Waals surface area contributed by atoms with Crippen molar-refractivity contribution in [1.29, 1.82) is 0 Å². The van der Waals surface area contributed by atoms with Crippen LogP contribution in [0.25, 0.3) is 0 Å². The molecule has 2 nitrogen and oxygen atoms in total. The minimum absolute atomic E-state index is 0.0646. The SMILES string of the molecule is CN1CCC(Nc2ccccc2SC(F)(F)F)C1. The lowest BCUT2D eigenvalue weighted by Gasteiger charge is -2.17. The molecule has 100 valence electrons. The largest absolute Gasteiger partial charge is 0.446 e. The lowest BCUT2D eigenvalue weighted by atomic mass is 10.2. The number of rotatable bonds is 3. The number of hydrogen-bond acceptors (Lipinski definition) is 3.